The van der Waals surface area contributed by atoms with Gasteiger partial charge in [0.25, 0.3) is 5.91 Å². The number of nitrogens with one attached hydrogen (secondary N) is 1. The molecule has 0 aliphatic rings. The van der Waals surface area contributed by atoms with Gasteiger partial charge in [0.05, 0.1) is 6.54 Å². The van der Waals surface area contributed by atoms with Crippen LogP contribution in [-0.4, -0.2) is 47.2 Å². The topological polar surface area (TPSA) is 103 Å². The molecule has 0 bridgehead atoms. The normalized spacial score (nSPS) is 9.64. The molecule has 0 unspecified atom stereocenters. The van der Waals surface area contributed by atoms with Crippen LogP contribution in [0.4, 0.5) is 5.69 Å². The van der Waals surface area contributed by atoms with Crippen molar-refractivity contribution < 1.29 is 19.8 Å². The van der Waals surface area contributed by atoms with Crippen molar-refractivity contribution in [2.45, 2.75) is 0 Å². The predicted octanol–water partition coefficient (Wildman–Crippen LogP) is 1.09. The quantitative estimate of drug-likeness (QED) is 0.705. The summed E-state index contributed by atoms with van der Waals surface area (Å²) in [4.78, 5) is 27.9. The van der Waals surface area contributed by atoms with Crippen LogP contribution >= 0.6 is 0 Å². The molecule has 7 nitrogen and oxygen atoms in total. The molecule has 0 fully saturated rings. The van der Waals surface area contributed by atoms with E-state index in [1.54, 1.807) is 0 Å². The Morgan fingerprint density at radius 3 is 2.64 bits per heavy atom. The number of amides is 1. The van der Waals surface area contributed by atoms with Crippen LogP contribution in [0.5, 0.6) is 5.75 Å². The van der Waals surface area contributed by atoms with Gasteiger partial charge in [-0.25, -0.2) is 4.98 Å². The fourth-order valence-electron chi connectivity index (χ4n) is 1.97. The molecular formula is C18H17N3O4. The number of aromatic nitrogens is 1. The number of carbonyl (C=O) groups excluding carboxylic acids is 1. The second kappa shape index (κ2) is 8.36. The van der Waals surface area contributed by atoms with Crippen molar-refractivity contribution in [1.29, 1.82) is 0 Å². The third kappa shape index (κ3) is 5.25. The van der Waals surface area contributed by atoms with Gasteiger partial charge in [0, 0.05) is 24.5 Å². The Bertz CT molecular complexity index is 825. The van der Waals surface area contributed by atoms with Crippen LogP contribution in [0.2, 0.25) is 0 Å². The van der Waals surface area contributed by atoms with Crippen molar-refractivity contribution in [3.8, 4) is 17.6 Å². The van der Waals surface area contributed by atoms with Gasteiger partial charge in [-0.15, -0.1) is 0 Å². The highest BCUT2D eigenvalue weighted by Crippen LogP contribution is 2.15. The fraction of sp³-hybridized carbons (Fsp3) is 0.167. The van der Waals surface area contributed by atoms with Crippen LogP contribution in [0.25, 0.3) is 0 Å². The van der Waals surface area contributed by atoms with Crippen molar-refractivity contribution in [2.75, 3.05) is 25.0 Å². The molecule has 0 saturated heterocycles. The summed E-state index contributed by atoms with van der Waals surface area (Å²) in [5.41, 5.74) is 1.24. The first-order valence-electron chi connectivity index (χ1n) is 7.41. The SMILES string of the molecule is CN(CC#Cc1cnc(C(=O)NCC(=O)O)c(O)c1)c1ccccc1. The van der Waals surface area contributed by atoms with Gasteiger partial charge in [-0.1, -0.05) is 30.0 Å². The van der Waals surface area contributed by atoms with E-state index in [2.05, 4.69) is 22.1 Å². The summed E-state index contributed by atoms with van der Waals surface area (Å²) < 4.78 is 0. The van der Waals surface area contributed by atoms with Gasteiger partial charge >= 0.3 is 5.97 Å². The number of aliphatic carboxylic acids is 1. The van der Waals surface area contributed by atoms with Gasteiger partial charge in [0.15, 0.2) is 5.69 Å². The molecule has 25 heavy (non-hydrogen) atoms. The van der Waals surface area contributed by atoms with Crippen molar-refractivity contribution in [2.24, 2.45) is 0 Å². The van der Waals surface area contributed by atoms with E-state index in [9.17, 15) is 14.7 Å². The highest BCUT2D eigenvalue weighted by molar-refractivity contribution is 5.96. The van der Waals surface area contributed by atoms with E-state index in [0.717, 1.165) is 5.69 Å². The lowest BCUT2D eigenvalue weighted by Gasteiger charge is -2.15. The third-order valence-corrected chi connectivity index (χ3v) is 3.23. The van der Waals surface area contributed by atoms with Crippen molar-refractivity contribution >= 4 is 17.6 Å². The number of hydrogen-bond acceptors (Lipinski definition) is 5. The molecule has 1 aromatic heterocycles. The van der Waals surface area contributed by atoms with Crippen LogP contribution in [0.1, 0.15) is 16.1 Å². The molecule has 1 amide bonds. The van der Waals surface area contributed by atoms with E-state index in [1.807, 2.05) is 42.3 Å². The van der Waals surface area contributed by atoms with Gasteiger partial charge < -0.3 is 20.4 Å². The molecule has 1 heterocycles. The molecule has 2 aromatic rings. The van der Waals surface area contributed by atoms with Gasteiger partial charge in [-0.05, 0) is 18.2 Å². The summed E-state index contributed by atoms with van der Waals surface area (Å²) in [5, 5.41) is 20.5. The highest BCUT2D eigenvalue weighted by atomic mass is 16.4. The van der Waals surface area contributed by atoms with Crippen LogP contribution in [0.15, 0.2) is 42.6 Å². The van der Waals surface area contributed by atoms with Gasteiger partial charge in [-0.2, -0.15) is 0 Å². The van der Waals surface area contributed by atoms with Crippen LogP contribution < -0.4 is 10.2 Å². The number of carbonyl (C=O) groups is 2. The highest BCUT2D eigenvalue weighted by Gasteiger charge is 2.13. The number of para-hydroxylation sites is 1. The monoisotopic (exact) mass is 339 g/mol. The number of nitrogens with zero attached hydrogens (tertiary/aromatic N) is 2. The molecule has 7 heteroatoms. The maximum absolute atomic E-state index is 11.7. The molecule has 0 spiro atoms. The number of rotatable bonds is 5. The van der Waals surface area contributed by atoms with Crippen LogP contribution in [0.3, 0.4) is 0 Å². The molecule has 3 N–H and O–H groups in total. The second-order valence-electron chi connectivity index (χ2n) is 5.16. The molecule has 0 aliphatic heterocycles. The number of aromatic hydroxyl groups is 1. The first-order chi connectivity index (χ1) is 12.0. The minimum Gasteiger partial charge on any atom is -0.505 e. The molecular weight excluding hydrogens is 322 g/mol. The molecule has 0 atom stereocenters. The Kier molecular flexibility index (Phi) is 5.96. The minimum atomic E-state index is -1.18. The summed E-state index contributed by atoms with van der Waals surface area (Å²) in [6.45, 7) is -0.0705. The third-order valence-electron chi connectivity index (χ3n) is 3.23. The Morgan fingerprint density at radius 1 is 1.28 bits per heavy atom. The van der Waals surface area contributed by atoms with Crippen molar-refractivity contribution in [3.05, 3.63) is 53.9 Å². The summed E-state index contributed by atoms with van der Waals surface area (Å²) in [5.74, 6) is 3.53. The maximum atomic E-state index is 11.7. The number of pyridine rings is 1. The zero-order valence-corrected chi connectivity index (χ0v) is 13.6. The second-order valence-corrected chi connectivity index (χ2v) is 5.16. The van der Waals surface area contributed by atoms with Gasteiger partial charge in [0.2, 0.25) is 0 Å². The summed E-state index contributed by atoms with van der Waals surface area (Å²) in [7, 11) is 1.91. The number of anilines is 1. The zero-order valence-electron chi connectivity index (χ0n) is 13.6. The first-order valence-corrected chi connectivity index (χ1v) is 7.41. The van der Waals surface area contributed by atoms with Crippen molar-refractivity contribution in [1.82, 2.24) is 10.3 Å². The number of benzene rings is 1. The Labute approximate surface area is 144 Å². The standard InChI is InChI=1S/C18H17N3O4/c1-21(14-7-3-2-4-8-14)9-5-6-13-10-15(22)17(19-11-13)18(25)20-12-16(23)24/h2-4,7-8,10-11,22H,9,12H2,1H3,(H,20,25)(H,23,24). The molecule has 0 aliphatic carbocycles. The molecule has 0 saturated carbocycles. The zero-order chi connectivity index (χ0) is 18.2. The minimum absolute atomic E-state index is 0.242. The summed E-state index contributed by atoms with van der Waals surface area (Å²) in [6.07, 6.45) is 1.35. The van der Waals surface area contributed by atoms with E-state index >= 15 is 0 Å². The largest absolute Gasteiger partial charge is 0.505 e. The Hall–Kier alpha value is -3.53. The average Bonchev–Trinajstić information content (AvgIpc) is 2.60. The summed E-state index contributed by atoms with van der Waals surface area (Å²) >= 11 is 0. The Morgan fingerprint density at radius 2 is 2.00 bits per heavy atom. The average molecular weight is 339 g/mol. The lowest BCUT2D eigenvalue weighted by atomic mass is 10.2. The van der Waals surface area contributed by atoms with Crippen LogP contribution in [0, 0.1) is 11.8 Å². The molecule has 0 radical (unpaired) electrons. The van der Waals surface area contributed by atoms with Crippen molar-refractivity contribution in [3.63, 3.8) is 0 Å². The number of hydrogen-bond donors (Lipinski definition) is 3. The van der Waals surface area contributed by atoms with E-state index in [-0.39, 0.29) is 11.4 Å². The maximum Gasteiger partial charge on any atom is 0.322 e. The van der Waals surface area contributed by atoms with E-state index in [1.165, 1.54) is 12.3 Å². The number of carboxylic acids is 1. The smallest absolute Gasteiger partial charge is 0.322 e. The van der Waals surface area contributed by atoms with E-state index < -0.39 is 18.4 Å². The number of carboxylic acid groups (broad SMARTS) is 1. The van der Waals surface area contributed by atoms with Gasteiger partial charge in [-0.3, -0.25) is 9.59 Å². The summed E-state index contributed by atoms with van der Waals surface area (Å²) in [6, 6.07) is 11.1. The van der Waals surface area contributed by atoms with Gasteiger partial charge in [0.1, 0.15) is 12.3 Å². The van der Waals surface area contributed by atoms with E-state index in [4.69, 9.17) is 5.11 Å². The molecule has 1 aromatic carbocycles. The molecule has 2 rings (SSSR count). The Balaban J connectivity index is 2.01. The predicted molar refractivity (Wildman–Crippen MR) is 92.5 cm³/mol. The van der Waals surface area contributed by atoms with E-state index in [0.29, 0.717) is 12.1 Å². The molecule has 128 valence electrons. The first kappa shape index (κ1) is 17.8. The lowest BCUT2D eigenvalue weighted by Crippen LogP contribution is -2.29. The lowest BCUT2D eigenvalue weighted by molar-refractivity contribution is -0.135. The fourth-order valence-corrected chi connectivity index (χ4v) is 1.97. The van der Waals surface area contributed by atoms with Crippen LogP contribution in [-0.2, 0) is 4.79 Å².